The molecule has 2 bridgehead atoms. The van der Waals surface area contributed by atoms with E-state index in [0.29, 0.717) is 23.7 Å². The van der Waals surface area contributed by atoms with Crippen LogP contribution in [-0.2, 0) is 6.54 Å². The molecule has 0 radical (unpaired) electrons. The summed E-state index contributed by atoms with van der Waals surface area (Å²) in [6, 6.07) is 13.1. The van der Waals surface area contributed by atoms with Gasteiger partial charge in [0.15, 0.2) is 5.82 Å². The Morgan fingerprint density at radius 2 is 1.90 bits per heavy atom. The molecule has 0 amide bonds. The van der Waals surface area contributed by atoms with Crippen molar-refractivity contribution in [3.8, 4) is 11.4 Å². The molecule has 2 N–H and O–H groups in total. The zero-order valence-electron chi connectivity index (χ0n) is 17.3. The van der Waals surface area contributed by atoms with Gasteiger partial charge in [0.1, 0.15) is 16.6 Å². The fourth-order valence-corrected chi connectivity index (χ4v) is 5.48. The lowest BCUT2D eigenvalue weighted by atomic mass is 9.87. The molecule has 2 atom stereocenters. The van der Waals surface area contributed by atoms with Crippen LogP contribution >= 0.6 is 11.3 Å². The number of rotatable bonds is 4. The molecule has 8 heteroatoms. The largest absolute Gasteiger partial charge is 0.383 e. The van der Waals surface area contributed by atoms with Gasteiger partial charge in [-0.05, 0) is 37.6 Å². The number of benzene rings is 1. The second kappa shape index (κ2) is 7.25. The highest BCUT2D eigenvalue weighted by molar-refractivity contribution is 7.09. The van der Waals surface area contributed by atoms with E-state index in [1.807, 2.05) is 36.5 Å². The number of nitrogens with zero attached hydrogens (tertiary/aromatic N) is 6. The molecule has 31 heavy (non-hydrogen) atoms. The summed E-state index contributed by atoms with van der Waals surface area (Å²) >= 11 is 1.76. The monoisotopic (exact) mass is 429 g/mol. The van der Waals surface area contributed by atoms with Crippen LogP contribution in [-0.4, -0.2) is 50.0 Å². The molecule has 6 heterocycles. The lowest BCUT2D eigenvalue weighted by molar-refractivity contribution is -0.00874. The molecule has 3 fully saturated rings. The second-order valence-electron chi connectivity index (χ2n) is 8.36. The average Bonchev–Trinajstić information content (AvgIpc) is 3.22. The zero-order valence-corrected chi connectivity index (χ0v) is 18.1. The number of aryl methyl sites for hydroxylation is 1. The summed E-state index contributed by atoms with van der Waals surface area (Å²) in [6.07, 6.45) is 3.12. The fraction of sp³-hybridized carbons (Fsp3) is 0.304. The van der Waals surface area contributed by atoms with E-state index in [1.54, 1.807) is 11.3 Å². The van der Waals surface area contributed by atoms with Crippen molar-refractivity contribution in [3.63, 3.8) is 0 Å². The third kappa shape index (κ3) is 3.32. The molecule has 3 aliphatic heterocycles. The molecule has 0 aliphatic carbocycles. The Hall–Kier alpha value is -3.10. The van der Waals surface area contributed by atoms with E-state index in [9.17, 15) is 0 Å². The Bertz CT molecular complexity index is 1240. The average molecular weight is 430 g/mol. The first-order valence-electron chi connectivity index (χ1n) is 10.5. The highest BCUT2D eigenvalue weighted by Crippen LogP contribution is 2.36. The normalized spacial score (nSPS) is 20.7. The predicted molar refractivity (Wildman–Crippen MR) is 124 cm³/mol. The van der Waals surface area contributed by atoms with Crippen molar-refractivity contribution in [2.24, 2.45) is 0 Å². The summed E-state index contributed by atoms with van der Waals surface area (Å²) in [5, 5.41) is 4.23. The summed E-state index contributed by atoms with van der Waals surface area (Å²) in [7, 11) is 0. The Labute approximate surface area is 184 Å². The number of piperidine rings is 1. The Morgan fingerprint density at radius 3 is 2.65 bits per heavy atom. The van der Waals surface area contributed by atoms with Crippen molar-refractivity contribution in [2.75, 3.05) is 23.7 Å². The number of piperazine rings is 1. The van der Waals surface area contributed by atoms with Crippen molar-refractivity contribution in [3.05, 3.63) is 58.7 Å². The molecular formula is C23H23N7S. The molecule has 1 aromatic carbocycles. The number of anilines is 2. The van der Waals surface area contributed by atoms with Gasteiger partial charge >= 0.3 is 0 Å². The van der Waals surface area contributed by atoms with Gasteiger partial charge in [0.25, 0.3) is 0 Å². The molecule has 156 valence electrons. The maximum atomic E-state index is 6.14. The molecule has 2 unspecified atom stereocenters. The molecule has 4 aromatic rings. The fourth-order valence-electron chi connectivity index (χ4n) is 4.70. The lowest BCUT2D eigenvalue weighted by Gasteiger charge is -2.56. The van der Waals surface area contributed by atoms with Crippen LogP contribution in [0.15, 0.2) is 48.0 Å². The first kappa shape index (κ1) is 18.7. The first-order chi connectivity index (χ1) is 15.1. The third-order valence-corrected chi connectivity index (χ3v) is 7.24. The molecule has 3 aromatic heterocycles. The molecule has 0 saturated carbocycles. The zero-order chi connectivity index (χ0) is 20.9. The molecule has 7 rings (SSSR count). The van der Waals surface area contributed by atoms with Crippen LogP contribution in [0, 0.1) is 6.92 Å². The number of fused-ring (bicyclic) bond motifs is 3. The van der Waals surface area contributed by atoms with Crippen LogP contribution in [0.1, 0.15) is 17.1 Å². The predicted octanol–water partition coefficient (Wildman–Crippen LogP) is 3.50. The van der Waals surface area contributed by atoms with Crippen molar-refractivity contribution in [1.82, 2.24) is 24.8 Å². The summed E-state index contributed by atoms with van der Waals surface area (Å²) in [5.41, 5.74) is 8.99. The van der Waals surface area contributed by atoms with Crippen LogP contribution in [0.5, 0.6) is 0 Å². The van der Waals surface area contributed by atoms with E-state index < -0.39 is 0 Å². The summed E-state index contributed by atoms with van der Waals surface area (Å²) < 4.78 is 0. The van der Waals surface area contributed by atoms with E-state index in [1.165, 1.54) is 11.4 Å². The van der Waals surface area contributed by atoms with Crippen LogP contribution in [0.25, 0.3) is 22.3 Å². The SMILES string of the molecule is Cc1csc(CN2C3CC2CN(c2ccc(-c4nc(N)c5ccccc5n4)cn2)C3)n1. The van der Waals surface area contributed by atoms with E-state index in [0.717, 1.165) is 47.6 Å². The third-order valence-electron chi connectivity index (χ3n) is 6.29. The lowest BCUT2D eigenvalue weighted by Crippen LogP contribution is -2.68. The molecule has 7 nitrogen and oxygen atoms in total. The van der Waals surface area contributed by atoms with Gasteiger partial charge in [-0.25, -0.2) is 19.9 Å². The Morgan fingerprint density at radius 1 is 1.06 bits per heavy atom. The van der Waals surface area contributed by atoms with Gasteiger partial charge in [-0.15, -0.1) is 11.3 Å². The minimum absolute atomic E-state index is 0.497. The highest BCUT2D eigenvalue weighted by Gasteiger charge is 2.45. The van der Waals surface area contributed by atoms with Gasteiger partial charge in [-0.3, -0.25) is 4.90 Å². The molecular weight excluding hydrogens is 406 g/mol. The molecule has 3 saturated heterocycles. The number of hydrogen-bond donors (Lipinski definition) is 1. The number of aromatic nitrogens is 4. The summed E-state index contributed by atoms with van der Waals surface area (Å²) in [5.74, 6) is 2.12. The second-order valence-corrected chi connectivity index (χ2v) is 9.30. The van der Waals surface area contributed by atoms with Crippen LogP contribution in [0.3, 0.4) is 0 Å². The molecule has 3 aliphatic rings. The Balaban J connectivity index is 1.17. The van der Waals surface area contributed by atoms with E-state index in [-0.39, 0.29) is 0 Å². The van der Waals surface area contributed by atoms with E-state index in [4.69, 9.17) is 10.7 Å². The maximum absolute atomic E-state index is 6.14. The van der Waals surface area contributed by atoms with Crippen LogP contribution < -0.4 is 10.6 Å². The number of pyridine rings is 1. The first-order valence-corrected chi connectivity index (χ1v) is 11.4. The van der Waals surface area contributed by atoms with Crippen LogP contribution in [0.2, 0.25) is 0 Å². The number of hydrogen-bond acceptors (Lipinski definition) is 8. The van der Waals surface area contributed by atoms with Crippen molar-refractivity contribution < 1.29 is 0 Å². The summed E-state index contributed by atoms with van der Waals surface area (Å²) in [6.45, 7) is 5.04. The number of nitrogen functional groups attached to an aromatic ring is 1. The van der Waals surface area contributed by atoms with Gasteiger partial charge < -0.3 is 10.6 Å². The maximum Gasteiger partial charge on any atom is 0.163 e. The quantitative estimate of drug-likeness (QED) is 0.531. The van der Waals surface area contributed by atoms with Gasteiger partial charge in [0.05, 0.1) is 12.1 Å². The van der Waals surface area contributed by atoms with Gasteiger partial charge in [-0.2, -0.15) is 0 Å². The Kier molecular flexibility index (Phi) is 4.36. The van der Waals surface area contributed by atoms with Crippen LogP contribution in [0.4, 0.5) is 11.6 Å². The van der Waals surface area contributed by atoms with Gasteiger partial charge in [0.2, 0.25) is 0 Å². The van der Waals surface area contributed by atoms with Crippen molar-refractivity contribution in [1.29, 1.82) is 0 Å². The van der Waals surface area contributed by atoms with Gasteiger partial charge in [-0.1, -0.05) is 12.1 Å². The smallest absolute Gasteiger partial charge is 0.163 e. The minimum atomic E-state index is 0.497. The molecule has 0 spiro atoms. The number of thiazole rings is 1. The van der Waals surface area contributed by atoms with Gasteiger partial charge in [0, 0.05) is 53.4 Å². The number of nitrogens with two attached hydrogens (primary N) is 1. The van der Waals surface area contributed by atoms with Crippen molar-refractivity contribution in [2.45, 2.75) is 32.0 Å². The highest BCUT2D eigenvalue weighted by atomic mass is 32.1. The van der Waals surface area contributed by atoms with E-state index in [2.05, 4.69) is 43.1 Å². The standard InChI is InChI=1S/C23H23N7S/c1-14-13-31-21(26-14)12-30-16-8-17(30)11-29(10-16)20-7-6-15(9-25-20)23-27-19-5-3-2-4-18(19)22(24)28-23/h2-7,9,13,16-17H,8,10-12H2,1H3,(H2,24,27,28). The summed E-state index contributed by atoms with van der Waals surface area (Å²) in [4.78, 5) is 23.5. The minimum Gasteiger partial charge on any atom is -0.383 e. The topological polar surface area (TPSA) is 84.1 Å². The van der Waals surface area contributed by atoms with E-state index >= 15 is 0 Å². The number of para-hydroxylation sites is 1. The van der Waals surface area contributed by atoms with Crippen molar-refractivity contribution >= 4 is 33.9 Å².